The van der Waals surface area contributed by atoms with E-state index in [1.807, 2.05) is 18.2 Å². The summed E-state index contributed by atoms with van der Waals surface area (Å²) in [6.45, 7) is 0. The Balaban J connectivity index is 2.02. The van der Waals surface area contributed by atoms with Crippen LogP contribution >= 0.6 is 11.3 Å². The van der Waals surface area contributed by atoms with Crippen LogP contribution in [0.4, 0.5) is 0 Å². The molecule has 3 aromatic rings. The topological polar surface area (TPSA) is 79.1 Å². The third-order valence-electron chi connectivity index (χ3n) is 2.52. The minimum Gasteiger partial charge on any atom is -0.508 e. The Kier molecular flexibility index (Phi) is 2.85. The van der Waals surface area contributed by atoms with E-state index >= 15 is 0 Å². The monoisotopic (exact) mass is 271 g/mol. The van der Waals surface area contributed by atoms with E-state index in [4.69, 9.17) is 0 Å². The largest absolute Gasteiger partial charge is 0.508 e. The van der Waals surface area contributed by atoms with Crippen molar-refractivity contribution in [2.45, 2.75) is 0 Å². The van der Waals surface area contributed by atoms with Crippen molar-refractivity contribution in [1.82, 2.24) is 15.2 Å². The predicted molar refractivity (Wildman–Crippen MR) is 71.9 cm³/mol. The number of phenolic OH excluding ortho intramolecular Hbond substituents is 2. The molecule has 6 heteroatoms. The normalized spacial score (nSPS) is 10.5. The summed E-state index contributed by atoms with van der Waals surface area (Å²) in [4.78, 5) is 4.20. The highest BCUT2D eigenvalue weighted by molar-refractivity contribution is 7.17. The van der Waals surface area contributed by atoms with Crippen molar-refractivity contribution in [3.63, 3.8) is 0 Å². The summed E-state index contributed by atoms with van der Waals surface area (Å²) in [6, 6.07) is 9.93. The van der Waals surface area contributed by atoms with Crippen LogP contribution in [0.15, 0.2) is 42.6 Å². The molecule has 0 saturated heterocycles. The molecule has 0 aliphatic rings. The first-order valence-electron chi connectivity index (χ1n) is 5.51. The Morgan fingerprint density at radius 3 is 2.53 bits per heavy atom. The molecule has 0 unspecified atom stereocenters. The molecule has 0 amide bonds. The van der Waals surface area contributed by atoms with Gasteiger partial charge in [0.25, 0.3) is 0 Å². The summed E-state index contributed by atoms with van der Waals surface area (Å²) in [5, 5.41) is 28.4. The SMILES string of the molecule is Oc1ccc(-c2nnc(-c3ccccn3)s2)c(O)c1. The van der Waals surface area contributed by atoms with Gasteiger partial charge in [-0.25, -0.2) is 0 Å². The quantitative estimate of drug-likeness (QED) is 0.749. The predicted octanol–water partition coefficient (Wildman–Crippen LogP) is 2.68. The van der Waals surface area contributed by atoms with Crippen molar-refractivity contribution in [2.24, 2.45) is 0 Å². The summed E-state index contributed by atoms with van der Waals surface area (Å²) in [7, 11) is 0. The molecule has 0 saturated carbocycles. The molecule has 3 rings (SSSR count). The zero-order valence-electron chi connectivity index (χ0n) is 9.69. The molecule has 5 nitrogen and oxygen atoms in total. The number of aromatic hydroxyl groups is 2. The lowest BCUT2D eigenvalue weighted by Gasteiger charge is -2.00. The van der Waals surface area contributed by atoms with E-state index in [9.17, 15) is 10.2 Å². The Hall–Kier alpha value is -2.47. The molecule has 0 spiro atoms. The maximum absolute atomic E-state index is 9.79. The van der Waals surface area contributed by atoms with Crippen LogP contribution in [-0.2, 0) is 0 Å². The third-order valence-corrected chi connectivity index (χ3v) is 3.50. The van der Waals surface area contributed by atoms with Crippen LogP contribution < -0.4 is 0 Å². The molecule has 94 valence electrons. The number of nitrogens with zero attached hydrogens (tertiary/aromatic N) is 3. The number of phenols is 2. The maximum atomic E-state index is 9.79. The van der Waals surface area contributed by atoms with Gasteiger partial charge in [0.15, 0.2) is 10.0 Å². The molecule has 0 atom stereocenters. The van der Waals surface area contributed by atoms with E-state index in [-0.39, 0.29) is 11.5 Å². The first-order chi connectivity index (χ1) is 9.24. The standard InChI is InChI=1S/C13H9N3O2S/c17-8-4-5-9(11(18)7-8)12-15-16-13(19-12)10-3-1-2-6-14-10/h1-7,17-18H. The van der Waals surface area contributed by atoms with Gasteiger partial charge >= 0.3 is 0 Å². The first kappa shape index (κ1) is 11.6. The molecule has 0 bridgehead atoms. The lowest BCUT2D eigenvalue weighted by molar-refractivity contribution is 0.452. The van der Waals surface area contributed by atoms with Gasteiger partial charge in [0.2, 0.25) is 0 Å². The van der Waals surface area contributed by atoms with E-state index < -0.39 is 0 Å². The van der Waals surface area contributed by atoms with Crippen LogP contribution in [-0.4, -0.2) is 25.4 Å². The van der Waals surface area contributed by atoms with E-state index in [2.05, 4.69) is 15.2 Å². The second-order valence-corrected chi connectivity index (χ2v) is 4.81. The van der Waals surface area contributed by atoms with Gasteiger partial charge in [-0.15, -0.1) is 10.2 Å². The van der Waals surface area contributed by atoms with Gasteiger partial charge < -0.3 is 10.2 Å². The highest BCUT2D eigenvalue weighted by Crippen LogP contribution is 2.35. The fourth-order valence-electron chi connectivity index (χ4n) is 1.63. The lowest BCUT2D eigenvalue weighted by Crippen LogP contribution is -1.80. The number of pyridine rings is 1. The summed E-state index contributed by atoms with van der Waals surface area (Å²) < 4.78 is 0. The smallest absolute Gasteiger partial charge is 0.166 e. The highest BCUT2D eigenvalue weighted by Gasteiger charge is 2.12. The second kappa shape index (κ2) is 4.66. The molecule has 2 aromatic heterocycles. The van der Waals surface area contributed by atoms with Crippen LogP contribution in [0.5, 0.6) is 11.5 Å². The van der Waals surface area contributed by atoms with Gasteiger partial charge in [0.05, 0.1) is 5.56 Å². The summed E-state index contributed by atoms with van der Waals surface area (Å²) in [6.07, 6.45) is 1.69. The zero-order valence-corrected chi connectivity index (χ0v) is 10.5. The Bertz CT molecular complexity index is 713. The van der Waals surface area contributed by atoms with Gasteiger partial charge in [-0.1, -0.05) is 17.4 Å². The van der Waals surface area contributed by atoms with Crippen LogP contribution in [0, 0.1) is 0 Å². The van der Waals surface area contributed by atoms with Crippen LogP contribution in [0.2, 0.25) is 0 Å². The number of hydrogen-bond donors (Lipinski definition) is 2. The molecule has 2 heterocycles. The molecule has 0 radical (unpaired) electrons. The average Bonchev–Trinajstić information content (AvgIpc) is 2.89. The summed E-state index contributed by atoms with van der Waals surface area (Å²) >= 11 is 1.33. The lowest BCUT2D eigenvalue weighted by atomic mass is 10.2. The molecule has 0 fully saturated rings. The van der Waals surface area contributed by atoms with Gasteiger partial charge in [0, 0.05) is 12.3 Å². The summed E-state index contributed by atoms with van der Waals surface area (Å²) in [5.41, 5.74) is 1.28. The average molecular weight is 271 g/mol. The molecule has 19 heavy (non-hydrogen) atoms. The van der Waals surface area contributed by atoms with Crippen LogP contribution in [0.25, 0.3) is 21.3 Å². The van der Waals surface area contributed by atoms with Crippen molar-refractivity contribution in [2.75, 3.05) is 0 Å². The van der Waals surface area contributed by atoms with E-state index in [1.54, 1.807) is 12.3 Å². The minimum absolute atomic E-state index is 0.00992. The molecule has 0 aliphatic heterocycles. The number of aromatic nitrogens is 3. The zero-order chi connectivity index (χ0) is 13.2. The van der Waals surface area contributed by atoms with Crippen LogP contribution in [0.3, 0.4) is 0 Å². The fourth-order valence-corrected chi connectivity index (χ4v) is 2.48. The first-order valence-corrected chi connectivity index (χ1v) is 6.33. The maximum Gasteiger partial charge on any atom is 0.166 e. The number of benzene rings is 1. The van der Waals surface area contributed by atoms with Crippen molar-refractivity contribution in [3.8, 4) is 32.8 Å². The Labute approximate surface area is 112 Å². The molecule has 1 aromatic carbocycles. The fraction of sp³-hybridized carbons (Fsp3) is 0. The molecular formula is C13H9N3O2S. The highest BCUT2D eigenvalue weighted by atomic mass is 32.1. The van der Waals surface area contributed by atoms with Crippen molar-refractivity contribution < 1.29 is 10.2 Å². The second-order valence-electron chi connectivity index (χ2n) is 3.83. The van der Waals surface area contributed by atoms with Gasteiger partial charge in [-0.2, -0.15) is 0 Å². The van der Waals surface area contributed by atoms with Crippen molar-refractivity contribution in [1.29, 1.82) is 0 Å². The Morgan fingerprint density at radius 2 is 1.79 bits per heavy atom. The number of hydrogen-bond acceptors (Lipinski definition) is 6. The van der Waals surface area contributed by atoms with E-state index in [0.29, 0.717) is 15.6 Å². The van der Waals surface area contributed by atoms with Gasteiger partial charge in [-0.3, -0.25) is 4.98 Å². The van der Waals surface area contributed by atoms with Crippen molar-refractivity contribution >= 4 is 11.3 Å². The molecule has 2 N–H and O–H groups in total. The van der Waals surface area contributed by atoms with Crippen molar-refractivity contribution in [3.05, 3.63) is 42.6 Å². The molecular weight excluding hydrogens is 262 g/mol. The minimum atomic E-state index is -0.0243. The van der Waals surface area contributed by atoms with E-state index in [1.165, 1.54) is 23.5 Å². The van der Waals surface area contributed by atoms with Crippen LogP contribution in [0.1, 0.15) is 0 Å². The van der Waals surface area contributed by atoms with Gasteiger partial charge in [-0.05, 0) is 24.3 Å². The third kappa shape index (κ3) is 2.25. The van der Waals surface area contributed by atoms with Gasteiger partial charge in [0.1, 0.15) is 17.2 Å². The Morgan fingerprint density at radius 1 is 0.947 bits per heavy atom. The summed E-state index contributed by atoms with van der Waals surface area (Å²) in [5.74, 6) is -0.0144. The molecule has 0 aliphatic carbocycles. The number of rotatable bonds is 2. The van der Waals surface area contributed by atoms with E-state index in [0.717, 1.165) is 5.69 Å².